The van der Waals surface area contributed by atoms with Gasteiger partial charge in [-0.3, -0.25) is 4.98 Å². The van der Waals surface area contributed by atoms with Crippen molar-refractivity contribution in [3.63, 3.8) is 0 Å². The smallest absolute Gasteiger partial charge is 0.241 e. The average molecular weight is 327 g/mol. The van der Waals surface area contributed by atoms with Crippen molar-refractivity contribution in [3.8, 4) is 5.75 Å². The quantitative estimate of drug-likeness (QED) is 0.886. The van der Waals surface area contributed by atoms with Crippen LogP contribution in [0, 0.1) is 0 Å². The van der Waals surface area contributed by atoms with Crippen LogP contribution in [0.1, 0.15) is 12.5 Å². The Hall–Kier alpha value is -1.63. The van der Waals surface area contributed by atoms with E-state index in [-0.39, 0.29) is 11.4 Å². The van der Waals surface area contributed by atoms with Crippen LogP contribution in [0.25, 0.3) is 0 Å². The molecule has 0 fully saturated rings. The summed E-state index contributed by atoms with van der Waals surface area (Å²) in [4.78, 5) is 4.05. The normalized spacial score (nSPS) is 11.3. The van der Waals surface area contributed by atoms with Crippen molar-refractivity contribution in [2.45, 2.75) is 18.4 Å². The molecule has 0 spiro atoms. The maximum absolute atomic E-state index is 12.2. The third-order valence-electron chi connectivity index (χ3n) is 2.70. The minimum Gasteiger partial charge on any atom is -0.492 e. The Bertz CT molecular complexity index is 705. The van der Waals surface area contributed by atoms with E-state index in [1.165, 1.54) is 18.2 Å². The first kappa shape index (κ1) is 15.8. The zero-order chi connectivity index (χ0) is 15.3. The van der Waals surface area contributed by atoms with E-state index in [1.807, 2.05) is 0 Å². The maximum atomic E-state index is 12.2. The van der Waals surface area contributed by atoms with Crippen molar-refractivity contribution in [3.05, 3.63) is 53.3 Å². The van der Waals surface area contributed by atoms with Gasteiger partial charge in [0.15, 0.2) is 0 Å². The number of hydrogen-bond acceptors (Lipinski definition) is 4. The summed E-state index contributed by atoms with van der Waals surface area (Å²) in [6.07, 6.45) is 3.24. The van der Waals surface area contributed by atoms with Crippen LogP contribution >= 0.6 is 11.6 Å². The van der Waals surface area contributed by atoms with E-state index in [1.54, 1.807) is 31.5 Å². The van der Waals surface area contributed by atoms with E-state index >= 15 is 0 Å². The van der Waals surface area contributed by atoms with Gasteiger partial charge in [0.05, 0.1) is 16.5 Å². The summed E-state index contributed by atoms with van der Waals surface area (Å²) in [5.41, 5.74) is 0.778. The first-order valence-electron chi connectivity index (χ1n) is 6.34. The van der Waals surface area contributed by atoms with E-state index < -0.39 is 10.0 Å². The SMILES string of the molecule is CCOc1cc(S(=O)(=O)NCc2cccnc2)ccc1Cl. The molecule has 1 aromatic carbocycles. The number of rotatable bonds is 6. The molecule has 0 aliphatic heterocycles. The summed E-state index contributed by atoms with van der Waals surface area (Å²) in [6, 6.07) is 7.90. The van der Waals surface area contributed by atoms with E-state index in [0.29, 0.717) is 17.4 Å². The molecule has 2 rings (SSSR count). The molecular formula is C14H15ClN2O3S. The van der Waals surface area contributed by atoms with E-state index in [9.17, 15) is 8.42 Å². The number of pyridine rings is 1. The predicted octanol–water partition coefficient (Wildman–Crippen LogP) is 2.61. The first-order valence-corrected chi connectivity index (χ1v) is 8.20. The van der Waals surface area contributed by atoms with Crippen molar-refractivity contribution in [1.82, 2.24) is 9.71 Å². The second kappa shape index (κ2) is 6.89. The number of aromatic nitrogens is 1. The van der Waals surface area contributed by atoms with Gasteiger partial charge in [-0.15, -0.1) is 0 Å². The largest absolute Gasteiger partial charge is 0.492 e. The van der Waals surface area contributed by atoms with E-state index in [2.05, 4.69) is 9.71 Å². The molecule has 2 aromatic rings. The Morgan fingerprint density at radius 3 is 2.81 bits per heavy atom. The number of halogens is 1. The molecule has 112 valence electrons. The number of nitrogens with one attached hydrogen (secondary N) is 1. The monoisotopic (exact) mass is 326 g/mol. The zero-order valence-electron chi connectivity index (χ0n) is 11.4. The van der Waals surface area contributed by atoms with Crippen LogP contribution in [-0.4, -0.2) is 20.0 Å². The molecular weight excluding hydrogens is 312 g/mol. The van der Waals surface area contributed by atoms with Crippen LogP contribution in [-0.2, 0) is 16.6 Å². The van der Waals surface area contributed by atoms with Crippen LogP contribution < -0.4 is 9.46 Å². The highest BCUT2D eigenvalue weighted by atomic mass is 35.5. The van der Waals surface area contributed by atoms with Crippen LogP contribution in [0.5, 0.6) is 5.75 Å². The Morgan fingerprint density at radius 2 is 2.14 bits per heavy atom. The van der Waals surface area contributed by atoms with Gasteiger partial charge in [0.1, 0.15) is 5.75 Å². The molecule has 7 heteroatoms. The summed E-state index contributed by atoms with van der Waals surface area (Å²) < 4.78 is 32.3. The van der Waals surface area contributed by atoms with Gasteiger partial charge in [0.2, 0.25) is 10.0 Å². The highest BCUT2D eigenvalue weighted by molar-refractivity contribution is 7.89. The molecule has 1 heterocycles. The molecule has 0 amide bonds. The second-order valence-corrected chi connectivity index (χ2v) is 6.39. The van der Waals surface area contributed by atoms with Gasteiger partial charge in [-0.2, -0.15) is 0 Å². The third kappa shape index (κ3) is 4.17. The van der Waals surface area contributed by atoms with Crippen LogP contribution in [0.3, 0.4) is 0 Å². The summed E-state index contributed by atoms with van der Waals surface area (Å²) in [7, 11) is -3.63. The van der Waals surface area contributed by atoms with Crippen molar-refractivity contribution in [2.24, 2.45) is 0 Å². The molecule has 21 heavy (non-hydrogen) atoms. The fourth-order valence-corrected chi connectivity index (χ4v) is 2.89. The Morgan fingerprint density at radius 1 is 1.33 bits per heavy atom. The number of nitrogens with zero attached hydrogens (tertiary/aromatic N) is 1. The lowest BCUT2D eigenvalue weighted by Gasteiger charge is -2.10. The highest BCUT2D eigenvalue weighted by Gasteiger charge is 2.16. The lowest BCUT2D eigenvalue weighted by molar-refractivity contribution is 0.339. The van der Waals surface area contributed by atoms with Crippen molar-refractivity contribution in [2.75, 3.05) is 6.61 Å². The summed E-state index contributed by atoms with van der Waals surface area (Å²) in [5, 5.41) is 0.378. The number of ether oxygens (including phenoxy) is 1. The Kier molecular flexibility index (Phi) is 5.17. The molecule has 0 saturated heterocycles. The predicted molar refractivity (Wildman–Crippen MR) is 80.9 cm³/mol. The molecule has 0 atom stereocenters. The molecule has 0 aliphatic carbocycles. The minimum absolute atomic E-state index is 0.110. The van der Waals surface area contributed by atoms with Crippen molar-refractivity contribution in [1.29, 1.82) is 0 Å². The fourth-order valence-electron chi connectivity index (χ4n) is 1.68. The number of hydrogen-bond donors (Lipinski definition) is 1. The summed E-state index contributed by atoms with van der Waals surface area (Å²) >= 11 is 5.95. The van der Waals surface area contributed by atoms with Gasteiger partial charge in [0, 0.05) is 25.0 Å². The lowest BCUT2D eigenvalue weighted by Crippen LogP contribution is -2.23. The van der Waals surface area contributed by atoms with E-state index in [0.717, 1.165) is 5.56 Å². The van der Waals surface area contributed by atoms with Gasteiger partial charge in [-0.05, 0) is 30.7 Å². The highest BCUT2D eigenvalue weighted by Crippen LogP contribution is 2.27. The van der Waals surface area contributed by atoms with Gasteiger partial charge in [0.25, 0.3) is 0 Å². The number of sulfonamides is 1. The molecule has 0 bridgehead atoms. The van der Waals surface area contributed by atoms with Gasteiger partial charge >= 0.3 is 0 Å². The summed E-state index contributed by atoms with van der Waals surface area (Å²) in [6.45, 7) is 2.38. The Balaban J connectivity index is 2.17. The van der Waals surface area contributed by atoms with Crippen LogP contribution in [0.4, 0.5) is 0 Å². The second-order valence-electron chi connectivity index (χ2n) is 4.21. The number of benzene rings is 1. The van der Waals surface area contributed by atoms with Gasteiger partial charge in [-0.1, -0.05) is 17.7 Å². The Labute approximate surface area is 129 Å². The topological polar surface area (TPSA) is 68.3 Å². The molecule has 5 nitrogen and oxygen atoms in total. The molecule has 1 aromatic heterocycles. The maximum Gasteiger partial charge on any atom is 0.241 e. The standard InChI is InChI=1S/C14H15ClN2O3S/c1-2-20-14-8-12(5-6-13(14)15)21(18,19)17-10-11-4-3-7-16-9-11/h3-9,17H,2,10H2,1H3. The molecule has 0 saturated carbocycles. The first-order chi connectivity index (χ1) is 10.0. The van der Waals surface area contributed by atoms with Crippen molar-refractivity contribution >= 4 is 21.6 Å². The van der Waals surface area contributed by atoms with Crippen molar-refractivity contribution < 1.29 is 13.2 Å². The summed E-state index contributed by atoms with van der Waals surface area (Å²) in [5.74, 6) is 0.350. The van der Waals surface area contributed by atoms with Crippen LogP contribution in [0.15, 0.2) is 47.6 Å². The van der Waals surface area contributed by atoms with Crippen LogP contribution in [0.2, 0.25) is 5.02 Å². The third-order valence-corrected chi connectivity index (χ3v) is 4.41. The van der Waals surface area contributed by atoms with E-state index in [4.69, 9.17) is 16.3 Å². The van der Waals surface area contributed by atoms with Gasteiger partial charge in [-0.25, -0.2) is 13.1 Å². The molecule has 0 aliphatic rings. The molecule has 1 N–H and O–H groups in total. The molecule has 0 radical (unpaired) electrons. The molecule has 0 unspecified atom stereocenters. The van der Waals surface area contributed by atoms with Gasteiger partial charge < -0.3 is 4.74 Å². The zero-order valence-corrected chi connectivity index (χ0v) is 13.0. The average Bonchev–Trinajstić information content (AvgIpc) is 2.49. The minimum atomic E-state index is -3.63. The fraction of sp³-hybridized carbons (Fsp3) is 0.214. The lowest BCUT2D eigenvalue weighted by atomic mass is 10.3.